The van der Waals surface area contributed by atoms with Gasteiger partial charge in [0.05, 0.1) is 0 Å². The van der Waals surface area contributed by atoms with Crippen LogP contribution in [0.5, 0.6) is 0 Å². The van der Waals surface area contributed by atoms with Crippen LogP contribution in [0.2, 0.25) is 0 Å². The van der Waals surface area contributed by atoms with Gasteiger partial charge in [-0.2, -0.15) is 0 Å². The average Bonchev–Trinajstić information content (AvgIpc) is 2.51. The molecule has 1 rings (SSSR count). The van der Waals surface area contributed by atoms with Crippen molar-refractivity contribution in [3.05, 3.63) is 29.6 Å². The highest BCUT2D eigenvalue weighted by atomic mass is 16.1. The lowest BCUT2D eigenvalue weighted by atomic mass is 10.2. The molecule has 0 bridgehead atoms. The number of rotatable bonds is 3. The van der Waals surface area contributed by atoms with Crippen LogP contribution in [0.1, 0.15) is 19.5 Å². The molecule has 0 saturated carbocycles. The number of carbonyl (C=O) groups is 1. The van der Waals surface area contributed by atoms with Crippen LogP contribution in [0.3, 0.4) is 0 Å². The second-order valence-corrected chi connectivity index (χ2v) is 2.73. The van der Waals surface area contributed by atoms with Crippen LogP contribution in [-0.2, 0) is 11.3 Å². The molecule has 1 heterocycles. The van der Waals surface area contributed by atoms with Crippen molar-refractivity contribution < 1.29 is 4.79 Å². The van der Waals surface area contributed by atoms with E-state index < -0.39 is 0 Å². The molecule has 1 aromatic rings. The molecule has 0 radical (unpaired) electrons. The zero-order chi connectivity index (χ0) is 8.97. The molecule has 0 unspecified atom stereocenters. The summed E-state index contributed by atoms with van der Waals surface area (Å²) in [6, 6.07) is 3.98. The van der Waals surface area contributed by atoms with Crippen molar-refractivity contribution >= 4 is 12.4 Å². The van der Waals surface area contributed by atoms with Gasteiger partial charge in [-0.1, -0.05) is 0 Å². The topological polar surface area (TPSA) is 22.0 Å². The summed E-state index contributed by atoms with van der Waals surface area (Å²) in [6.07, 6.45) is 4.76. The maximum atomic E-state index is 10.4. The van der Waals surface area contributed by atoms with E-state index in [0.29, 0.717) is 0 Å². The largest absolute Gasteiger partial charge is 0.348 e. The zero-order valence-corrected chi connectivity index (χ0v) is 7.45. The van der Waals surface area contributed by atoms with Crippen LogP contribution in [0, 0.1) is 0 Å². The van der Waals surface area contributed by atoms with Crippen molar-refractivity contribution in [3.63, 3.8) is 0 Å². The van der Waals surface area contributed by atoms with Gasteiger partial charge in [-0.25, -0.2) is 0 Å². The third kappa shape index (κ3) is 1.84. The number of aryl methyl sites for hydroxylation is 1. The van der Waals surface area contributed by atoms with Gasteiger partial charge in [-0.3, -0.25) is 4.79 Å². The first-order chi connectivity index (χ1) is 5.77. The Morgan fingerprint density at radius 1 is 1.67 bits per heavy atom. The van der Waals surface area contributed by atoms with Crippen LogP contribution >= 0.6 is 0 Å². The van der Waals surface area contributed by atoms with E-state index in [2.05, 4.69) is 11.5 Å². The Balaban J connectivity index is 2.94. The minimum Gasteiger partial charge on any atom is -0.348 e. The fraction of sp³-hybridized carbons (Fsp3) is 0.300. The molecule has 0 spiro atoms. The third-order valence-corrected chi connectivity index (χ3v) is 1.77. The van der Waals surface area contributed by atoms with Gasteiger partial charge >= 0.3 is 0 Å². The highest BCUT2D eigenvalue weighted by Gasteiger charge is 1.94. The van der Waals surface area contributed by atoms with Gasteiger partial charge in [-0.05, 0) is 37.6 Å². The molecule has 0 amide bonds. The van der Waals surface area contributed by atoms with E-state index in [9.17, 15) is 4.79 Å². The minimum atomic E-state index is 0.753. The van der Waals surface area contributed by atoms with Gasteiger partial charge in [0.1, 0.15) is 6.29 Å². The Kier molecular flexibility index (Phi) is 2.86. The van der Waals surface area contributed by atoms with E-state index in [-0.39, 0.29) is 0 Å². The Hall–Kier alpha value is -1.31. The average molecular weight is 163 g/mol. The highest BCUT2D eigenvalue weighted by Crippen LogP contribution is 2.06. The molecular formula is C10H13NO. The molecule has 1 aromatic heterocycles. The molecule has 2 heteroatoms. The number of allylic oxidation sites excluding steroid dienone is 1. The molecule has 0 N–H and O–H groups in total. The SMILES string of the molecule is CCn1cccc1/C=C(/C)C=O. The molecular weight excluding hydrogens is 150 g/mol. The summed E-state index contributed by atoms with van der Waals surface area (Å²) in [6.45, 7) is 4.82. The van der Waals surface area contributed by atoms with Crippen LogP contribution in [0.4, 0.5) is 0 Å². The number of hydrogen-bond donors (Lipinski definition) is 0. The van der Waals surface area contributed by atoms with Gasteiger partial charge in [0, 0.05) is 18.4 Å². The summed E-state index contributed by atoms with van der Waals surface area (Å²) < 4.78 is 2.09. The zero-order valence-electron chi connectivity index (χ0n) is 7.45. The predicted octanol–water partition coefficient (Wildman–Crippen LogP) is 2.11. The van der Waals surface area contributed by atoms with E-state index in [4.69, 9.17) is 0 Å². The molecule has 0 aromatic carbocycles. The van der Waals surface area contributed by atoms with Crippen molar-refractivity contribution in [2.75, 3.05) is 0 Å². The Morgan fingerprint density at radius 2 is 2.42 bits per heavy atom. The second kappa shape index (κ2) is 3.90. The lowest BCUT2D eigenvalue weighted by Gasteiger charge is -2.00. The van der Waals surface area contributed by atoms with Crippen molar-refractivity contribution in [3.8, 4) is 0 Å². The van der Waals surface area contributed by atoms with Crippen molar-refractivity contribution in [2.24, 2.45) is 0 Å². The molecule has 0 atom stereocenters. The van der Waals surface area contributed by atoms with E-state index in [1.807, 2.05) is 24.4 Å². The number of nitrogens with zero attached hydrogens (tertiary/aromatic N) is 1. The number of aldehydes is 1. The van der Waals surface area contributed by atoms with Gasteiger partial charge in [-0.15, -0.1) is 0 Å². The van der Waals surface area contributed by atoms with E-state index in [1.54, 1.807) is 6.92 Å². The van der Waals surface area contributed by atoms with E-state index in [1.165, 1.54) is 0 Å². The number of carbonyl (C=O) groups excluding carboxylic acids is 1. The molecule has 2 nitrogen and oxygen atoms in total. The lowest BCUT2D eigenvalue weighted by Crippen LogP contribution is -1.94. The molecule has 64 valence electrons. The lowest BCUT2D eigenvalue weighted by molar-refractivity contribution is -0.104. The normalized spacial score (nSPS) is 11.7. The van der Waals surface area contributed by atoms with Crippen LogP contribution in [0.15, 0.2) is 23.9 Å². The van der Waals surface area contributed by atoms with Crippen molar-refractivity contribution in [2.45, 2.75) is 20.4 Å². The Labute approximate surface area is 72.5 Å². The monoisotopic (exact) mass is 163 g/mol. The summed E-state index contributed by atoms with van der Waals surface area (Å²) in [5.41, 5.74) is 1.84. The highest BCUT2D eigenvalue weighted by molar-refractivity contribution is 5.80. The van der Waals surface area contributed by atoms with Gasteiger partial charge in [0.25, 0.3) is 0 Å². The first-order valence-electron chi connectivity index (χ1n) is 4.06. The van der Waals surface area contributed by atoms with Crippen LogP contribution in [-0.4, -0.2) is 10.9 Å². The molecule has 0 aliphatic carbocycles. The Bertz CT molecular complexity index is 297. The smallest absolute Gasteiger partial charge is 0.145 e. The molecule has 12 heavy (non-hydrogen) atoms. The molecule has 0 saturated heterocycles. The van der Waals surface area contributed by atoms with Crippen LogP contribution < -0.4 is 0 Å². The van der Waals surface area contributed by atoms with Gasteiger partial charge in [0.15, 0.2) is 0 Å². The van der Waals surface area contributed by atoms with E-state index >= 15 is 0 Å². The fourth-order valence-corrected chi connectivity index (χ4v) is 1.11. The maximum Gasteiger partial charge on any atom is 0.145 e. The molecule has 0 aliphatic rings. The summed E-state index contributed by atoms with van der Waals surface area (Å²) in [5, 5.41) is 0. The maximum absolute atomic E-state index is 10.4. The van der Waals surface area contributed by atoms with E-state index in [0.717, 1.165) is 24.1 Å². The van der Waals surface area contributed by atoms with Crippen molar-refractivity contribution in [1.82, 2.24) is 4.57 Å². The third-order valence-electron chi connectivity index (χ3n) is 1.77. The second-order valence-electron chi connectivity index (χ2n) is 2.73. The molecule has 0 aliphatic heterocycles. The summed E-state index contributed by atoms with van der Waals surface area (Å²) in [7, 11) is 0. The van der Waals surface area contributed by atoms with Crippen LogP contribution in [0.25, 0.3) is 6.08 Å². The van der Waals surface area contributed by atoms with Crippen molar-refractivity contribution in [1.29, 1.82) is 0 Å². The first kappa shape index (κ1) is 8.78. The number of hydrogen-bond acceptors (Lipinski definition) is 1. The van der Waals surface area contributed by atoms with Gasteiger partial charge in [0.2, 0.25) is 0 Å². The first-order valence-corrected chi connectivity index (χ1v) is 4.06. The number of aromatic nitrogens is 1. The summed E-state index contributed by atoms with van der Waals surface area (Å²) >= 11 is 0. The minimum absolute atomic E-state index is 0.753. The standard InChI is InChI=1S/C10H13NO/c1-3-11-6-4-5-10(11)7-9(2)8-12/h4-8H,3H2,1-2H3/b9-7-. The summed E-state index contributed by atoms with van der Waals surface area (Å²) in [5.74, 6) is 0. The molecule has 0 fully saturated rings. The van der Waals surface area contributed by atoms with Gasteiger partial charge < -0.3 is 4.57 Å². The Morgan fingerprint density at radius 3 is 3.00 bits per heavy atom. The fourth-order valence-electron chi connectivity index (χ4n) is 1.11. The summed E-state index contributed by atoms with van der Waals surface area (Å²) in [4.78, 5) is 10.4. The quantitative estimate of drug-likeness (QED) is 0.494. The predicted molar refractivity (Wildman–Crippen MR) is 49.8 cm³/mol.